The molecule has 1 aliphatic carbocycles. The number of aliphatic imine (C=N–C) groups is 1. The van der Waals surface area contributed by atoms with Gasteiger partial charge in [0.2, 0.25) is 0 Å². The van der Waals surface area contributed by atoms with Gasteiger partial charge in [0.15, 0.2) is 5.82 Å². The van der Waals surface area contributed by atoms with Gasteiger partial charge in [-0.25, -0.2) is 15.0 Å². The van der Waals surface area contributed by atoms with Gasteiger partial charge >= 0.3 is 0 Å². The van der Waals surface area contributed by atoms with E-state index >= 15 is 0 Å². The lowest BCUT2D eigenvalue weighted by atomic mass is 9.87. The molecule has 57 heavy (non-hydrogen) atoms. The summed E-state index contributed by atoms with van der Waals surface area (Å²) < 4.78 is 2.58. The van der Waals surface area contributed by atoms with E-state index in [0.29, 0.717) is 5.82 Å². The van der Waals surface area contributed by atoms with Gasteiger partial charge in [0.1, 0.15) is 6.04 Å². The lowest BCUT2D eigenvalue weighted by Crippen LogP contribution is -2.16. The number of aromatic nitrogens is 3. The Bertz CT molecular complexity index is 3090. The van der Waals surface area contributed by atoms with Gasteiger partial charge in [-0.05, 0) is 76.4 Å². The monoisotopic (exact) mass is 746 g/mol. The molecule has 1 aliphatic heterocycles. The van der Waals surface area contributed by atoms with Crippen LogP contribution in [0, 0.1) is 5.92 Å². The summed E-state index contributed by atoms with van der Waals surface area (Å²) in [6.45, 7) is 0. The average Bonchev–Trinajstić information content (AvgIpc) is 3.68. The fraction of sp³-hybridized carbons (Fsp3) is 0.0385. The second kappa shape index (κ2) is 13.9. The Labute approximate surface area is 334 Å². The van der Waals surface area contributed by atoms with Crippen molar-refractivity contribution in [1.82, 2.24) is 15.0 Å². The number of allylic oxidation sites excluding steroid dienone is 1. The van der Waals surface area contributed by atoms with Crippen molar-refractivity contribution < 1.29 is 0 Å². The first-order chi connectivity index (χ1) is 28.2. The molecule has 0 saturated heterocycles. The maximum Gasteiger partial charge on any atom is 0.160 e. The molecule has 4 heterocycles. The molecule has 2 unspecified atom stereocenters. The molecular formula is C52H34N4S. The van der Waals surface area contributed by atoms with E-state index in [2.05, 4.69) is 164 Å². The first kappa shape index (κ1) is 33.3. The van der Waals surface area contributed by atoms with Crippen LogP contribution in [-0.4, -0.2) is 21.2 Å². The highest BCUT2D eigenvalue weighted by Crippen LogP contribution is 2.43. The Balaban J connectivity index is 1.07. The van der Waals surface area contributed by atoms with Crippen LogP contribution >= 0.6 is 11.3 Å². The number of benzene rings is 6. The summed E-state index contributed by atoms with van der Waals surface area (Å²) in [5, 5.41) is 2.57. The number of hydrogen-bond donors (Lipinski definition) is 0. The number of fused-ring (bicyclic) bond motifs is 6. The fourth-order valence-corrected chi connectivity index (χ4v) is 9.42. The summed E-state index contributed by atoms with van der Waals surface area (Å²) in [4.78, 5) is 20.5. The molecular weight excluding hydrogens is 713 g/mol. The number of thiophene rings is 1. The zero-order valence-corrected chi connectivity index (χ0v) is 31.6. The minimum atomic E-state index is -0.00150. The normalized spacial score (nSPS) is 15.5. The van der Waals surface area contributed by atoms with Crippen molar-refractivity contribution in [2.45, 2.75) is 6.04 Å². The molecule has 0 N–H and O–H groups in total. The van der Waals surface area contributed by atoms with Crippen LogP contribution in [0.5, 0.6) is 0 Å². The number of nitrogens with zero attached hydrogens (tertiary/aromatic N) is 4. The van der Waals surface area contributed by atoms with Crippen LogP contribution in [0.25, 0.3) is 93.7 Å². The third kappa shape index (κ3) is 6.10. The molecule has 0 bridgehead atoms. The smallest absolute Gasteiger partial charge is 0.160 e. The minimum Gasteiger partial charge on any atom is -0.282 e. The molecule has 0 amide bonds. The summed E-state index contributed by atoms with van der Waals surface area (Å²) >= 11 is 1.85. The Morgan fingerprint density at radius 3 is 1.98 bits per heavy atom. The van der Waals surface area contributed by atoms with Crippen LogP contribution in [0.4, 0.5) is 0 Å². The summed E-state index contributed by atoms with van der Waals surface area (Å²) in [5.74, 6) is 0.908. The van der Waals surface area contributed by atoms with E-state index in [1.807, 2.05) is 41.8 Å². The molecule has 4 nitrogen and oxygen atoms in total. The largest absolute Gasteiger partial charge is 0.282 e. The summed E-state index contributed by atoms with van der Waals surface area (Å²) in [5.41, 5.74) is 13.5. The predicted molar refractivity (Wildman–Crippen MR) is 238 cm³/mol. The van der Waals surface area contributed by atoms with Crippen LogP contribution in [0.15, 0.2) is 187 Å². The molecule has 2 aliphatic rings. The Morgan fingerprint density at radius 1 is 0.456 bits per heavy atom. The maximum absolute atomic E-state index is 5.29. The molecule has 9 aromatic rings. The first-order valence-electron chi connectivity index (χ1n) is 19.3. The van der Waals surface area contributed by atoms with Gasteiger partial charge in [-0.3, -0.25) is 4.99 Å². The predicted octanol–water partition coefficient (Wildman–Crippen LogP) is 13.6. The highest BCUT2D eigenvalue weighted by Gasteiger charge is 2.27. The number of hydrogen-bond acceptors (Lipinski definition) is 5. The molecule has 0 fully saturated rings. The van der Waals surface area contributed by atoms with E-state index in [1.165, 1.54) is 25.7 Å². The lowest BCUT2D eigenvalue weighted by molar-refractivity contribution is 0.594. The minimum absolute atomic E-state index is 0.00150. The van der Waals surface area contributed by atoms with E-state index in [1.54, 1.807) is 0 Å². The van der Waals surface area contributed by atoms with Crippen LogP contribution < -0.4 is 0 Å². The molecule has 3 aromatic heterocycles. The molecule has 6 aromatic carbocycles. The van der Waals surface area contributed by atoms with Crippen molar-refractivity contribution in [3.8, 4) is 67.4 Å². The van der Waals surface area contributed by atoms with Crippen LogP contribution in [0.2, 0.25) is 0 Å². The summed E-state index contributed by atoms with van der Waals surface area (Å²) in [6.07, 6.45) is 10.5. The summed E-state index contributed by atoms with van der Waals surface area (Å²) in [6, 6.07) is 58.1. The number of pyridine rings is 1. The average molecular weight is 747 g/mol. The van der Waals surface area contributed by atoms with Crippen molar-refractivity contribution >= 4 is 43.8 Å². The zero-order chi connectivity index (χ0) is 37.7. The topological polar surface area (TPSA) is 51.0 Å². The van der Waals surface area contributed by atoms with Crippen molar-refractivity contribution in [3.63, 3.8) is 0 Å². The SMILES string of the molecule is C1=CC2C=Cc3ccc(-c4cccc(-c5cc(-c6cc(-c7ccccc7)cc(-c7cccc8c7sc7ccccc78)c6)nc(-c6ccccc6)n5)c4)nc3C2N=C1. The Hall–Kier alpha value is -7.08. The van der Waals surface area contributed by atoms with E-state index in [-0.39, 0.29) is 12.0 Å². The van der Waals surface area contributed by atoms with E-state index < -0.39 is 0 Å². The van der Waals surface area contributed by atoms with E-state index in [9.17, 15) is 0 Å². The van der Waals surface area contributed by atoms with Gasteiger partial charge < -0.3 is 0 Å². The molecule has 0 spiro atoms. The maximum atomic E-state index is 5.29. The second-order valence-corrected chi connectivity index (χ2v) is 15.6. The van der Waals surface area contributed by atoms with Gasteiger partial charge in [0.25, 0.3) is 0 Å². The quantitative estimate of drug-likeness (QED) is 0.170. The third-order valence-corrected chi connectivity index (χ3v) is 12.2. The fourth-order valence-electron chi connectivity index (χ4n) is 8.19. The second-order valence-electron chi connectivity index (χ2n) is 14.6. The molecule has 5 heteroatoms. The first-order valence-corrected chi connectivity index (χ1v) is 20.1. The lowest BCUT2D eigenvalue weighted by Gasteiger charge is -2.26. The molecule has 2 atom stereocenters. The third-order valence-electron chi connectivity index (χ3n) is 11.0. The molecule has 0 radical (unpaired) electrons. The van der Waals surface area contributed by atoms with Gasteiger partial charge in [-0.1, -0.05) is 140 Å². The standard InChI is InChI=1S/C52H34N4S/c1-3-12-33(13-4-1)39-29-40(42-20-10-21-44-43-19-7-8-22-48(43)57-51(42)44)31-41(30-39)47-32-46(55-52(56-47)36-14-5-2-6-15-36)38-17-9-16-37(28-38)45-26-25-35-24-23-34-18-11-27-53-49(34)50(35)54-45/h1-32,34,49H. The van der Waals surface area contributed by atoms with Gasteiger partial charge in [0.05, 0.1) is 22.8 Å². The summed E-state index contributed by atoms with van der Waals surface area (Å²) in [7, 11) is 0. The van der Waals surface area contributed by atoms with Crippen LogP contribution in [-0.2, 0) is 0 Å². The Kier molecular flexibility index (Phi) is 8.11. The molecule has 0 saturated carbocycles. The van der Waals surface area contributed by atoms with Crippen molar-refractivity contribution in [3.05, 3.63) is 193 Å². The van der Waals surface area contributed by atoms with Crippen LogP contribution in [0.3, 0.4) is 0 Å². The highest BCUT2D eigenvalue weighted by molar-refractivity contribution is 7.26. The van der Waals surface area contributed by atoms with Gasteiger partial charge in [0, 0.05) is 54.6 Å². The highest BCUT2D eigenvalue weighted by atomic mass is 32.1. The number of dihydropyridines is 1. The Morgan fingerprint density at radius 2 is 1.12 bits per heavy atom. The van der Waals surface area contributed by atoms with Crippen molar-refractivity contribution in [1.29, 1.82) is 0 Å². The van der Waals surface area contributed by atoms with E-state index in [0.717, 1.165) is 67.3 Å². The number of rotatable bonds is 6. The van der Waals surface area contributed by atoms with E-state index in [4.69, 9.17) is 19.9 Å². The van der Waals surface area contributed by atoms with Crippen LogP contribution in [0.1, 0.15) is 17.3 Å². The van der Waals surface area contributed by atoms with Crippen molar-refractivity contribution in [2.24, 2.45) is 10.9 Å². The van der Waals surface area contributed by atoms with Gasteiger partial charge in [-0.2, -0.15) is 0 Å². The zero-order valence-electron chi connectivity index (χ0n) is 30.8. The molecule has 11 rings (SSSR count). The van der Waals surface area contributed by atoms with Gasteiger partial charge in [-0.15, -0.1) is 11.3 Å². The molecule has 268 valence electrons. The van der Waals surface area contributed by atoms with Crippen molar-refractivity contribution in [2.75, 3.05) is 0 Å².